The smallest absolute Gasteiger partial charge is 0.339 e. The number of non-ortho nitro benzene ring substituents is 1. The molecule has 0 radical (unpaired) electrons. The molecule has 1 aliphatic rings. The fourth-order valence-electron chi connectivity index (χ4n) is 3.89. The Morgan fingerprint density at radius 2 is 2.03 bits per heavy atom. The van der Waals surface area contributed by atoms with Crippen LogP contribution in [0.15, 0.2) is 30.5 Å². The monoisotopic (exact) mass is 397 g/mol. The number of aromatic amines is 1. The van der Waals surface area contributed by atoms with Gasteiger partial charge in [0.1, 0.15) is 16.8 Å². The summed E-state index contributed by atoms with van der Waals surface area (Å²) in [5.41, 5.74) is 1.37. The Balaban J connectivity index is 1.50. The first-order valence-electron chi connectivity index (χ1n) is 9.19. The zero-order valence-electron chi connectivity index (χ0n) is 15.7. The molecule has 0 saturated carbocycles. The van der Waals surface area contributed by atoms with Crippen molar-refractivity contribution in [2.75, 3.05) is 13.1 Å². The van der Waals surface area contributed by atoms with Gasteiger partial charge in [-0.15, -0.1) is 0 Å². The molecule has 1 aromatic carbocycles. The molecule has 4 rings (SSSR count). The van der Waals surface area contributed by atoms with Crippen LogP contribution in [-0.2, 0) is 0 Å². The lowest BCUT2D eigenvalue weighted by molar-refractivity contribution is -0.383. The van der Waals surface area contributed by atoms with Gasteiger partial charge in [0, 0.05) is 24.5 Å². The van der Waals surface area contributed by atoms with Crippen molar-refractivity contribution >= 4 is 28.5 Å². The summed E-state index contributed by atoms with van der Waals surface area (Å²) in [6, 6.07) is 6.37. The molecule has 2 N–H and O–H groups in total. The van der Waals surface area contributed by atoms with Crippen molar-refractivity contribution in [3.63, 3.8) is 0 Å². The molecule has 1 saturated heterocycles. The second-order valence-corrected chi connectivity index (χ2v) is 7.10. The maximum atomic E-state index is 12.9. The number of nitrogens with one attached hydrogen (secondary N) is 1. The van der Waals surface area contributed by atoms with E-state index < -0.39 is 10.9 Å². The summed E-state index contributed by atoms with van der Waals surface area (Å²) < 4.78 is 1.72. The Labute approximate surface area is 164 Å². The normalized spacial score (nSPS) is 15.0. The molecule has 1 fully saturated rings. The van der Waals surface area contributed by atoms with Crippen molar-refractivity contribution in [1.29, 1.82) is 0 Å². The number of nitro benzene ring substituents is 1. The van der Waals surface area contributed by atoms with Gasteiger partial charge in [-0.2, -0.15) is 5.10 Å². The number of carboxylic acid groups (broad SMARTS) is 1. The topological polar surface area (TPSA) is 134 Å². The van der Waals surface area contributed by atoms with Gasteiger partial charge in [0.15, 0.2) is 0 Å². The van der Waals surface area contributed by atoms with Gasteiger partial charge in [-0.3, -0.25) is 19.6 Å². The second kappa shape index (κ2) is 7.04. The summed E-state index contributed by atoms with van der Waals surface area (Å²) in [6.45, 7) is 2.71. The number of nitro groups is 1. The van der Waals surface area contributed by atoms with Gasteiger partial charge in [-0.05, 0) is 25.8 Å². The first-order chi connectivity index (χ1) is 13.9. The molecule has 0 spiro atoms. The zero-order chi connectivity index (χ0) is 20.7. The Kier molecular flexibility index (Phi) is 4.53. The van der Waals surface area contributed by atoms with Crippen LogP contribution in [0.3, 0.4) is 0 Å². The lowest BCUT2D eigenvalue weighted by Gasteiger charge is -2.32. The SMILES string of the molecule is Cc1c(C(=O)O)cnn1C1CCN(C(=O)c2cc3cccc([N+](=O)[O-])c3[nH]2)CC1. The lowest BCUT2D eigenvalue weighted by atomic mass is 10.0. The summed E-state index contributed by atoms with van der Waals surface area (Å²) >= 11 is 0. The van der Waals surface area contributed by atoms with Gasteiger partial charge in [-0.25, -0.2) is 4.79 Å². The Hall–Kier alpha value is -3.69. The van der Waals surface area contributed by atoms with Crippen LogP contribution in [0.1, 0.15) is 45.4 Å². The molecule has 3 aromatic rings. The van der Waals surface area contributed by atoms with Gasteiger partial charge >= 0.3 is 5.97 Å². The number of carboxylic acids is 1. The van der Waals surface area contributed by atoms with E-state index >= 15 is 0 Å². The number of carbonyl (C=O) groups excluding carboxylic acids is 1. The summed E-state index contributed by atoms with van der Waals surface area (Å²) in [6.07, 6.45) is 2.65. The van der Waals surface area contributed by atoms with Gasteiger partial charge in [0.25, 0.3) is 11.6 Å². The van der Waals surface area contributed by atoms with Crippen LogP contribution >= 0.6 is 0 Å². The maximum absolute atomic E-state index is 12.9. The summed E-state index contributed by atoms with van der Waals surface area (Å²) in [7, 11) is 0. The minimum absolute atomic E-state index is 0.0240. The second-order valence-electron chi connectivity index (χ2n) is 7.10. The third-order valence-corrected chi connectivity index (χ3v) is 5.43. The number of para-hydroxylation sites is 1. The van der Waals surface area contributed by atoms with Crippen LogP contribution in [0.5, 0.6) is 0 Å². The molecule has 10 heteroatoms. The van der Waals surface area contributed by atoms with Gasteiger partial charge in [0.2, 0.25) is 0 Å². The average molecular weight is 397 g/mol. The van der Waals surface area contributed by atoms with E-state index in [0.29, 0.717) is 48.2 Å². The number of aromatic nitrogens is 3. The standard InChI is InChI=1S/C19H19N5O5/c1-11-14(19(26)27)10-20-23(11)13-5-7-22(8-6-13)18(25)15-9-12-3-2-4-16(24(28)29)17(12)21-15/h2-4,9-10,13,21H,5-8H2,1H3,(H,26,27). The van der Waals surface area contributed by atoms with E-state index in [-0.39, 0.29) is 23.2 Å². The van der Waals surface area contributed by atoms with Gasteiger partial charge in [0.05, 0.1) is 22.9 Å². The number of hydrogen-bond donors (Lipinski definition) is 2. The van der Waals surface area contributed by atoms with E-state index in [2.05, 4.69) is 10.1 Å². The Morgan fingerprint density at radius 3 is 2.66 bits per heavy atom. The molecule has 3 heterocycles. The van der Waals surface area contributed by atoms with Crippen LogP contribution in [0.4, 0.5) is 5.69 Å². The highest BCUT2D eigenvalue weighted by Gasteiger charge is 2.28. The van der Waals surface area contributed by atoms with Crippen LogP contribution in [0, 0.1) is 17.0 Å². The van der Waals surface area contributed by atoms with Crippen LogP contribution in [0.2, 0.25) is 0 Å². The molecule has 29 heavy (non-hydrogen) atoms. The van der Waals surface area contributed by atoms with Gasteiger partial charge < -0.3 is 15.0 Å². The highest BCUT2D eigenvalue weighted by Crippen LogP contribution is 2.28. The third kappa shape index (κ3) is 3.22. The third-order valence-electron chi connectivity index (χ3n) is 5.43. The highest BCUT2D eigenvalue weighted by atomic mass is 16.6. The molecule has 0 atom stereocenters. The lowest BCUT2D eigenvalue weighted by Crippen LogP contribution is -2.39. The minimum atomic E-state index is -1.01. The van der Waals surface area contributed by atoms with Gasteiger partial charge in [-0.1, -0.05) is 12.1 Å². The van der Waals surface area contributed by atoms with Crippen LogP contribution in [-0.4, -0.2) is 54.7 Å². The van der Waals surface area contributed by atoms with Crippen molar-refractivity contribution in [3.8, 4) is 0 Å². The molecule has 0 bridgehead atoms. The number of aromatic carboxylic acids is 1. The van der Waals surface area contributed by atoms with E-state index in [1.165, 1.54) is 12.3 Å². The number of amides is 1. The van der Waals surface area contributed by atoms with Crippen molar-refractivity contribution in [1.82, 2.24) is 19.7 Å². The number of benzene rings is 1. The number of likely N-dealkylation sites (tertiary alicyclic amines) is 1. The number of nitrogens with zero attached hydrogens (tertiary/aromatic N) is 4. The van der Waals surface area contributed by atoms with E-state index in [9.17, 15) is 24.8 Å². The summed E-state index contributed by atoms with van der Waals surface area (Å²) in [5.74, 6) is -1.22. The molecule has 1 aliphatic heterocycles. The fraction of sp³-hybridized carbons (Fsp3) is 0.316. The molecule has 1 amide bonds. The first-order valence-corrected chi connectivity index (χ1v) is 9.19. The zero-order valence-corrected chi connectivity index (χ0v) is 15.7. The van der Waals surface area contributed by atoms with Crippen molar-refractivity contribution in [2.24, 2.45) is 0 Å². The number of fused-ring (bicyclic) bond motifs is 1. The number of rotatable bonds is 4. The first kappa shape index (κ1) is 18.7. The molecular weight excluding hydrogens is 378 g/mol. The molecule has 0 unspecified atom stereocenters. The molecule has 150 valence electrons. The summed E-state index contributed by atoms with van der Waals surface area (Å²) in [5, 5.41) is 25.2. The number of hydrogen-bond acceptors (Lipinski definition) is 5. The van der Waals surface area contributed by atoms with Crippen LogP contribution < -0.4 is 0 Å². The van der Waals surface area contributed by atoms with E-state index in [0.717, 1.165) is 0 Å². The molecule has 0 aliphatic carbocycles. The average Bonchev–Trinajstić information content (AvgIpc) is 3.30. The molecular formula is C19H19N5O5. The Bertz CT molecular complexity index is 1120. The largest absolute Gasteiger partial charge is 0.478 e. The van der Waals surface area contributed by atoms with Crippen molar-refractivity contribution in [3.05, 3.63) is 57.5 Å². The van der Waals surface area contributed by atoms with Crippen LogP contribution in [0.25, 0.3) is 10.9 Å². The molecule has 10 nitrogen and oxygen atoms in total. The predicted molar refractivity (Wildman–Crippen MR) is 103 cm³/mol. The predicted octanol–water partition coefficient (Wildman–Crippen LogP) is 2.76. The van der Waals surface area contributed by atoms with Crippen molar-refractivity contribution < 1.29 is 19.6 Å². The fourth-order valence-corrected chi connectivity index (χ4v) is 3.89. The quantitative estimate of drug-likeness (QED) is 0.513. The maximum Gasteiger partial charge on any atom is 0.339 e. The van der Waals surface area contributed by atoms with E-state index in [1.54, 1.807) is 34.7 Å². The number of carbonyl (C=O) groups is 2. The number of piperidine rings is 1. The number of H-pyrrole nitrogens is 1. The van der Waals surface area contributed by atoms with Crippen molar-refractivity contribution in [2.45, 2.75) is 25.8 Å². The highest BCUT2D eigenvalue weighted by molar-refractivity contribution is 6.00. The van der Waals surface area contributed by atoms with E-state index in [1.807, 2.05) is 0 Å². The Morgan fingerprint density at radius 1 is 1.31 bits per heavy atom. The molecule has 2 aromatic heterocycles. The van der Waals surface area contributed by atoms with E-state index in [4.69, 9.17) is 0 Å². The minimum Gasteiger partial charge on any atom is -0.478 e. The summed E-state index contributed by atoms with van der Waals surface area (Å²) in [4.78, 5) is 39.4.